The molecule has 1 aromatic rings. The van der Waals surface area contributed by atoms with Crippen molar-refractivity contribution in [3.05, 3.63) is 34.9 Å². The van der Waals surface area contributed by atoms with Crippen LogP contribution in [0.5, 0.6) is 0 Å². The number of halogens is 1. The first-order valence-corrected chi connectivity index (χ1v) is 9.20. The Balaban J connectivity index is 2.45. The third-order valence-electron chi connectivity index (χ3n) is 3.36. The van der Waals surface area contributed by atoms with Crippen molar-refractivity contribution in [1.82, 2.24) is 5.32 Å². The zero-order valence-electron chi connectivity index (χ0n) is 13.0. The van der Waals surface area contributed by atoms with E-state index in [1.807, 2.05) is 23.9 Å². The van der Waals surface area contributed by atoms with Crippen LogP contribution in [-0.4, -0.2) is 24.1 Å². The smallest absolute Gasteiger partial charge is 0.0406 e. The summed E-state index contributed by atoms with van der Waals surface area (Å²) in [5.74, 6) is 3.23. The summed E-state index contributed by atoms with van der Waals surface area (Å²) in [6.07, 6.45) is 3.76. The van der Waals surface area contributed by atoms with Gasteiger partial charge in [-0.15, -0.1) is 0 Å². The zero-order valence-corrected chi connectivity index (χ0v) is 14.6. The average Bonchev–Trinajstić information content (AvgIpc) is 2.43. The normalized spacial score (nSPS) is 12.8. The second-order valence-electron chi connectivity index (χ2n) is 5.60. The van der Waals surface area contributed by atoms with Crippen LogP contribution in [0.15, 0.2) is 24.3 Å². The summed E-state index contributed by atoms with van der Waals surface area (Å²) >= 11 is 8.00. The Morgan fingerprint density at radius 2 is 1.90 bits per heavy atom. The number of thioether (sulfide) groups is 1. The third kappa shape index (κ3) is 8.18. The van der Waals surface area contributed by atoms with Crippen molar-refractivity contribution in [3.8, 4) is 0 Å². The van der Waals surface area contributed by atoms with Gasteiger partial charge in [0.05, 0.1) is 0 Å². The monoisotopic (exact) mass is 313 g/mol. The molecule has 1 nitrogen and oxygen atoms in total. The molecular formula is C17H28ClNS. The molecule has 0 radical (unpaired) electrons. The molecule has 1 aromatic carbocycles. The summed E-state index contributed by atoms with van der Waals surface area (Å²) in [5.41, 5.74) is 1.40. The molecule has 0 bridgehead atoms. The van der Waals surface area contributed by atoms with Crippen LogP contribution >= 0.6 is 23.4 Å². The Hall–Kier alpha value is -0.180. The molecule has 0 saturated heterocycles. The standard InChI is InChI=1S/C17H28ClNS/c1-4-20-11-5-6-16(13-19-14(2)3)12-15-7-9-17(18)10-8-15/h7-10,14,16,19H,4-6,11-13H2,1-3H3. The molecule has 0 aliphatic heterocycles. The Kier molecular flexibility index (Phi) is 9.41. The van der Waals surface area contributed by atoms with E-state index < -0.39 is 0 Å². The van der Waals surface area contributed by atoms with E-state index in [-0.39, 0.29) is 0 Å². The van der Waals surface area contributed by atoms with Crippen molar-refractivity contribution >= 4 is 23.4 Å². The van der Waals surface area contributed by atoms with E-state index in [2.05, 4.69) is 38.2 Å². The van der Waals surface area contributed by atoms with Gasteiger partial charge in [0.25, 0.3) is 0 Å². The van der Waals surface area contributed by atoms with Crippen molar-refractivity contribution in [2.24, 2.45) is 5.92 Å². The van der Waals surface area contributed by atoms with Crippen molar-refractivity contribution in [2.75, 3.05) is 18.1 Å². The van der Waals surface area contributed by atoms with Gasteiger partial charge < -0.3 is 5.32 Å². The van der Waals surface area contributed by atoms with Crippen molar-refractivity contribution in [1.29, 1.82) is 0 Å². The van der Waals surface area contributed by atoms with Gasteiger partial charge in [-0.3, -0.25) is 0 Å². The highest BCUT2D eigenvalue weighted by Gasteiger charge is 2.10. The molecule has 0 amide bonds. The predicted molar refractivity (Wildman–Crippen MR) is 94.0 cm³/mol. The van der Waals surface area contributed by atoms with Gasteiger partial charge in [-0.05, 0) is 60.9 Å². The van der Waals surface area contributed by atoms with E-state index in [1.165, 1.54) is 29.9 Å². The maximum absolute atomic E-state index is 5.95. The molecule has 0 fully saturated rings. The lowest BCUT2D eigenvalue weighted by Crippen LogP contribution is -2.30. The summed E-state index contributed by atoms with van der Waals surface area (Å²) in [5, 5.41) is 4.41. The van der Waals surface area contributed by atoms with E-state index in [4.69, 9.17) is 11.6 Å². The molecule has 20 heavy (non-hydrogen) atoms. The Morgan fingerprint density at radius 1 is 1.20 bits per heavy atom. The van der Waals surface area contributed by atoms with Gasteiger partial charge in [0.15, 0.2) is 0 Å². The first-order chi connectivity index (χ1) is 9.61. The molecule has 0 aliphatic rings. The predicted octanol–water partition coefficient (Wildman–Crippen LogP) is 5.03. The molecule has 0 saturated carbocycles. The van der Waals surface area contributed by atoms with Gasteiger partial charge >= 0.3 is 0 Å². The van der Waals surface area contributed by atoms with Crippen LogP contribution in [0.1, 0.15) is 39.2 Å². The lowest BCUT2D eigenvalue weighted by molar-refractivity contribution is 0.419. The first-order valence-electron chi connectivity index (χ1n) is 7.67. The quantitative estimate of drug-likeness (QED) is 0.608. The fraction of sp³-hybridized carbons (Fsp3) is 0.647. The zero-order chi connectivity index (χ0) is 14.8. The molecule has 0 spiro atoms. The third-order valence-corrected chi connectivity index (χ3v) is 4.60. The number of nitrogens with one attached hydrogen (secondary N) is 1. The maximum Gasteiger partial charge on any atom is 0.0406 e. The van der Waals surface area contributed by atoms with E-state index in [9.17, 15) is 0 Å². The molecule has 1 rings (SSSR count). The van der Waals surface area contributed by atoms with Crippen molar-refractivity contribution < 1.29 is 0 Å². The second kappa shape index (κ2) is 10.5. The van der Waals surface area contributed by atoms with E-state index >= 15 is 0 Å². The lowest BCUT2D eigenvalue weighted by atomic mass is 9.95. The SMILES string of the molecule is CCSCCCC(CNC(C)C)Cc1ccc(Cl)cc1. The fourth-order valence-corrected chi connectivity index (χ4v) is 3.04. The minimum Gasteiger partial charge on any atom is -0.314 e. The van der Waals surface area contributed by atoms with Gasteiger partial charge in [0, 0.05) is 11.1 Å². The topological polar surface area (TPSA) is 12.0 Å². The highest BCUT2D eigenvalue weighted by atomic mass is 35.5. The number of hydrogen-bond acceptors (Lipinski definition) is 2. The van der Waals surface area contributed by atoms with Crippen LogP contribution in [0.3, 0.4) is 0 Å². The molecule has 0 aliphatic carbocycles. The van der Waals surface area contributed by atoms with Gasteiger partial charge in [0.2, 0.25) is 0 Å². The van der Waals surface area contributed by atoms with E-state index in [0.717, 1.165) is 23.9 Å². The fourth-order valence-electron chi connectivity index (χ4n) is 2.25. The van der Waals surface area contributed by atoms with E-state index in [1.54, 1.807) is 0 Å². The minimum absolute atomic E-state index is 0.563. The molecular weight excluding hydrogens is 286 g/mol. The summed E-state index contributed by atoms with van der Waals surface area (Å²) in [7, 11) is 0. The van der Waals surface area contributed by atoms with Crippen LogP contribution < -0.4 is 5.32 Å². The Bertz CT molecular complexity index is 351. The van der Waals surface area contributed by atoms with Crippen LogP contribution in [-0.2, 0) is 6.42 Å². The molecule has 1 unspecified atom stereocenters. The number of rotatable bonds is 10. The van der Waals surface area contributed by atoms with Gasteiger partial charge in [-0.2, -0.15) is 11.8 Å². The average molecular weight is 314 g/mol. The van der Waals surface area contributed by atoms with Gasteiger partial charge in [-0.25, -0.2) is 0 Å². The largest absolute Gasteiger partial charge is 0.314 e. The summed E-state index contributed by atoms with van der Waals surface area (Å²) in [6.45, 7) is 7.77. The molecule has 3 heteroatoms. The molecule has 0 aromatic heterocycles. The molecule has 1 N–H and O–H groups in total. The summed E-state index contributed by atoms with van der Waals surface area (Å²) in [6, 6.07) is 8.87. The van der Waals surface area contributed by atoms with Gasteiger partial charge in [0.1, 0.15) is 0 Å². The van der Waals surface area contributed by atoms with E-state index in [0.29, 0.717) is 6.04 Å². The maximum atomic E-state index is 5.95. The van der Waals surface area contributed by atoms with Crippen molar-refractivity contribution in [2.45, 2.75) is 46.1 Å². The summed E-state index contributed by atoms with van der Waals surface area (Å²) in [4.78, 5) is 0. The number of hydrogen-bond donors (Lipinski definition) is 1. The Morgan fingerprint density at radius 3 is 2.50 bits per heavy atom. The van der Waals surface area contributed by atoms with Gasteiger partial charge in [-0.1, -0.05) is 44.5 Å². The molecule has 0 heterocycles. The minimum atomic E-state index is 0.563. The first kappa shape index (κ1) is 17.9. The highest BCUT2D eigenvalue weighted by molar-refractivity contribution is 7.99. The van der Waals surface area contributed by atoms with Crippen LogP contribution in [0, 0.1) is 5.92 Å². The molecule has 114 valence electrons. The van der Waals surface area contributed by atoms with Crippen molar-refractivity contribution in [3.63, 3.8) is 0 Å². The van der Waals surface area contributed by atoms with Crippen LogP contribution in [0.4, 0.5) is 0 Å². The summed E-state index contributed by atoms with van der Waals surface area (Å²) < 4.78 is 0. The van der Waals surface area contributed by atoms with Crippen LogP contribution in [0.25, 0.3) is 0 Å². The lowest BCUT2D eigenvalue weighted by Gasteiger charge is -2.19. The highest BCUT2D eigenvalue weighted by Crippen LogP contribution is 2.18. The number of benzene rings is 1. The second-order valence-corrected chi connectivity index (χ2v) is 7.43. The van der Waals surface area contributed by atoms with Crippen LogP contribution in [0.2, 0.25) is 5.02 Å². The Labute approximate surface area is 133 Å². The molecule has 1 atom stereocenters.